The number of aliphatic hydroxyl groups is 1. The van der Waals surface area contributed by atoms with Crippen molar-refractivity contribution in [2.24, 2.45) is 5.92 Å². The summed E-state index contributed by atoms with van der Waals surface area (Å²) in [4.78, 5) is 0. The van der Waals surface area contributed by atoms with E-state index in [1.165, 1.54) is 0 Å². The van der Waals surface area contributed by atoms with Crippen LogP contribution in [0.5, 0.6) is 11.5 Å². The maximum absolute atomic E-state index is 9.83. The van der Waals surface area contributed by atoms with Crippen LogP contribution in [-0.4, -0.2) is 29.5 Å². The van der Waals surface area contributed by atoms with Crippen LogP contribution in [0.1, 0.15) is 31.9 Å². The van der Waals surface area contributed by atoms with Gasteiger partial charge in [0.1, 0.15) is 18.1 Å². The highest BCUT2D eigenvalue weighted by molar-refractivity contribution is 5.44. The summed E-state index contributed by atoms with van der Waals surface area (Å²) in [5.74, 6) is 1.44. The average molecular weight is 251 g/mol. The number of phenolic OH excluding ortho intramolecular Hbond substituents is 1. The lowest BCUT2D eigenvalue weighted by molar-refractivity contribution is 0.140. The molecule has 1 aromatic rings. The van der Waals surface area contributed by atoms with Crippen LogP contribution in [0.25, 0.3) is 0 Å². The van der Waals surface area contributed by atoms with Gasteiger partial charge < -0.3 is 20.3 Å². The van der Waals surface area contributed by atoms with Gasteiger partial charge in [0.2, 0.25) is 0 Å². The van der Waals surface area contributed by atoms with Gasteiger partial charge in [0.15, 0.2) is 0 Å². The Hall–Kier alpha value is -1.26. The van der Waals surface area contributed by atoms with E-state index in [1.54, 1.807) is 12.1 Å². The highest BCUT2D eigenvalue weighted by atomic mass is 16.5. The maximum atomic E-state index is 9.83. The lowest BCUT2D eigenvalue weighted by Gasteiger charge is -2.17. The molecule has 2 atom stereocenters. The predicted molar refractivity (Wildman–Crippen MR) is 69.8 cm³/mol. The summed E-state index contributed by atoms with van der Waals surface area (Å²) in [6.07, 6.45) is 0.467. The summed E-state index contributed by atoms with van der Waals surface area (Å²) in [5, 5.41) is 22.5. The molecule has 0 aliphatic carbocycles. The van der Waals surface area contributed by atoms with Crippen LogP contribution in [0.3, 0.4) is 0 Å². The van der Waals surface area contributed by atoms with Gasteiger partial charge in [-0.15, -0.1) is 0 Å². The molecule has 0 radical (unpaired) electrons. The SMILES string of the molecule is CC(C)CC(O)CNC1COc2cc(O)ccc21. The molecule has 0 amide bonds. The molecule has 4 nitrogen and oxygen atoms in total. The van der Waals surface area contributed by atoms with E-state index in [9.17, 15) is 10.2 Å². The van der Waals surface area contributed by atoms with E-state index < -0.39 is 0 Å². The standard InChI is InChI=1S/C14H21NO3/c1-9(2)5-11(17)7-15-13-8-18-14-6-10(16)3-4-12(13)14/h3-4,6,9,11,13,15-17H,5,7-8H2,1-2H3. The van der Waals surface area contributed by atoms with Gasteiger partial charge in [-0.05, 0) is 24.5 Å². The van der Waals surface area contributed by atoms with Crippen LogP contribution in [0.15, 0.2) is 18.2 Å². The fourth-order valence-corrected chi connectivity index (χ4v) is 2.27. The van der Waals surface area contributed by atoms with Crippen LogP contribution in [0, 0.1) is 5.92 Å². The molecule has 0 saturated carbocycles. The second-order valence-corrected chi connectivity index (χ2v) is 5.28. The smallest absolute Gasteiger partial charge is 0.127 e. The third-order valence-corrected chi connectivity index (χ3v) is 3.12. The number of hydrogen-bond acceptors (Lipinski definition) is 4. The highest BCUT2D eigenvalue weighted by Gasteiger charge is 2.24. The van der Waals surface area contributed by atoms with E-state index >= 15 is 0 Å². The second kappa shape index (κ2) is 5.59. The minimum Gasteiger partial charge on any atom is -0.508 e. The Bertz CT molecular complexity index is 406. The molecule has 2 unspecified atom stereocenters. The molecule has 1 aromatic carbocycles. The number of hydrogen-bond donors (Lipinski definition) is 3. The zero-order valence-electron chi connectivity index (χ0n) is 10.9. The lowest BCUT2D eigenvalue weighted by atomic mass is 10.0. The monoisotopic (exact) mass is 251 g/mol. The molecule has 2 rings (SSSR count). The number of ether oxygens (including phenoxy) is 1. The van der Waals surface area contributed by atoms with Gasteiger partial charge in [-0.1, -0.05) is 13.8 Å². The summed E-state index contributed by atoms with van der Waals surface area (Å²) >= 11 is 0. The second-order valence-electron chi connectivity index (χ2n) is 5.28. The summed E-state index contributed by atoms with van der Waals surface area (Å²) in [5.41, 5.74) is 1.05. The van der Waals surface area contributed by atoms with Gasteiger partial charge in [-0.2, -0.15) is 0 Å². The number of rotatable bonds is 5. The van der Waals surface area contributed by atoms with Crippen molar-refractivity contribution >= 4 is 0 Å². The van der Waals surface area contributed by atoms with Gasteiger partial charge in [0.25, 0.3) is 0 Å². The Kier molecular flexibility index (Phi) is 4.09. The molecule has 3 N–H and O–H groups in total. The normalized spacial score (nSPS) is 19.7. The van der Waals surface area contributed by atoms with Crippen LogP contribution in [0.2, 0.25) is 0 Å². The Morgan fingerprint density at radius 3 is 2.94 bits per heavy atom. The Labute approximate surface area is 108 Å². The summed E-state index contributed by atoms with van der Waals surface area (Å²) in [7, 11) is 0. The molecule has 0 fully saturated rings. The number of aromatic hydroxyl groups is 1. The topological polar surface area (TPSA) is 61.7 Å². The van der Waals surface area contributed by atoms with Crippen LogP contribution in [-0.2, 0) is 0 Å². The summed E-state index contributed by atoms with van der Waals surface area (Å²) in [6.45, 7) is 5.31. The molecule has 1 heterocycles. The molecule has 1 aliphatic rings. The number of benzene rings is 1. The van der Waals surface area contributed by atoms with Crippen LogP contribution < -0.4 is 10.1 Å². The van der Waals surface area contributed by atoms with Gasteiger partial charge in [-0.3, -0.25) is 0 Å². The van der Waals surface area contributed by atoms with E-state index in [-0.39, 0.29) is 17.9 Å². The van der Waals surface area contributed by atoms with E-state index in [2.05, 4.69) is 19.2 Å². The average Bonchev–Trinajstić information content (AvgIpc) is 2.67. The predicted octanol–water partition coefficient (Wildman–Crippen LogP) is 1.82. The Morgan fingerprint density at radius 2 is 2.22 bits per heavy atom. The largest absolute Gasteiger partial charge is 0.508 e. The molecule has 0 bridgehead atoms. The zero-order valence-corrected chi connectivity index (χ0v) is 10.9. The molecule has 1 aliphatic heterocycles. The van der Waals surface area contributed by atoms with Gasteiger partial charge >= 0.3 is 0 Å². The number of nitrogens with one attached hydrogen (secondary N) is 1. The summed E-state index contributed by atoms with van der Waals surface area (Å²) < 4.78 is 5.50. The maximum Gasteiger partial charge on any atom is 0.127 e. The first-order valence-corrected chi connectivity index (χ1v) is 6.43. The quantitative estimate of drug-likeness (QED) is 0.747. The molecular formula is C14H21NO3. The van der Waals surface area contributed by atoms with Crippen molar-refractivity contribution < 1.29 is 14.9 Å². The Balaban J connectivity index is 1.90. The molecule has 0 saturated heterocycles. The van der Waals surface area contributed by atoms with Crippen molar-refractivity contribution in [1.82, 2.24) is 5.32 Å². The lowest BCUT2D eigenvalue weighted by Crippen LogP contribution is -2.31. The fourth-order valence-electron chi connectivity index (χ4n) is 2.27. The van der Waals surface area contributed by atoms with Crippen molar-refractivity contribution in [1.29, 1.82) is 0 Å². The number of aliphatic hydroxyl groups excluding tert-OH is 1. The Morgan fingerprint density at radius 1 is 1.44 bits per heavy atom. The molecule has 0 spiro atoms. The van der Waals surface area contributed by atoms with Crippen molar-refractivity contribution in [3.8, 4) is 11.5 Å². The molecule has 4 heteroatoms. The zero-order chi connectivity index (χ0) is 13.1. The van der Waals surface area contributed by atoms with Crippen LogP contribution in [0.4, 0.5) is 0 Å². The van der Waals surface area contributed by atoms with Gasteiger partial charge in [0, 0.05) is 18.2 Å². The fraction of sp³-hybridized carbons (Fsp3) is 0.571. The van der Waals surface area contributed by atoms with Crippen molar-refractivity contribution in [3.05, 3.63) is 23.8 Å². The van der Waals surface area contributed by atoms with Crippen molar-refractivity contribution in [2.75, 3.05) is 13.2 Å². The van der Waals surface area contributed by atoms with E-state index in [0.29, 0.717) is 19.1 Å². The molecule has 100 valence electrons. The highest BCUT2D eigenvalue weighted by Crippen LogP contribution is 2.34. The molecule has 18 heavy (non-hydrogen) atoms. The summed E-state index contributed by atoms with van der Waals surface area (Å²) in [6, 6.07) is 5.25. The molecular weight excluding hydrogens is 230 g/mol. The minimum atomic E-state index is -0.328. The number of phenols is 1. The first kappa shape index (κ1) is 13.2. The third-order valence-electron chi connectivity index (χ3n) is 3.12. The van der Waals surface area contributed by atoms with E-state index in [4.69, 9.17) is 4.74 Å². The van der Waals surface area contributed by atoms with Crippen LogP contribution >= 0.6 is 0 Å². The third kappa shape index (κ3) is 3.15. The first-order valence-electron chi connectivity index (χ1n) is 6.43. The number of fused-ring (bicyclic) bond motifs is 1. The van der Waals surface area contributed by atoms with Gasteiger partial charge in [0.05, 0.1) is 12.1 Å². The van der Waals surface area contributed by atoms with E-state index in [0.717, 1.165) is 17.7 Å². The molecule has 0 aromatic heterocycles. The van der Waals surface area contributed by atoms with Crippen molar-refractivity contribution in [2.45, 2.75) is 32.4 Å². The van der Waals surface area contributed by atoms with E-state index in [1.807, 2.05) is 6.07 Å². The first-order chi connectivity index (χ1) is 8.56. The van der Waals surface area contributed by atoms with Gasteiger partial charge in [-0.25, -0.2) is 0 Å². The van der Waals surface area contributed by atoms with Crippen molar-refractivity contribution in [3.63, 3.8) is 0 Å². The minimum absolute atomic E-state index is 0.0995.